The summed E-state index contributed by atoms with van der Waals surface area (Å²) >= 11 is 0. The molecule has 0 saturated heterocycles. The Morgan fingerprint density at radius 2 is 1.93 bits per heavy atom. The summed E-state index contributed by atoms with van der Waals surface area (Å²) in [6.07, 6.45) is 7.31. The van der Waals surface area contributed by atoms with Crippen LogP contribution in [0.1, 0.15) is 23.8 Å². The minimum absolute atomic E-state index is 0.217. The Kier molecular flexibility index (Phi) is 5.57. The fraction of sp³-hybridized carbons (Fsp3) is 0.125. The van der Waals surface area contributed by atoms with Crippen LogP contribution < -0.4 is 10.1 Å². The van der Waals surface area contributed by atoms with Crippen molar-refractivity contribution in [2.24, 2.45) is 0 Å². The van der Waals surface area contributed by atoms with Crippen LogP contribution in [0.5, 0.6) is 11.8 Å². The highest BCUT2D eigenvalue weighted by Crippen LogP contribution is 2.28. The lowest BCUT2D eigenvalue weighted by Gasteiger charge is -2.09. The van der Waals surface area contributed by atoms with Crippen LogP contribution in [0.3, 0.4) is 0 Å². The van der Waals surface area contributed by atoms with E-state index in [9.17, 15) is 4.79 Å². The quantitative estimate of drug-likeness (QED) is 0.431. The number of furan rings is 1. The van der Waals surface area contributed by atoms with Gasteiger partial charge in [0.15, 0.2) is 0 Å². The van der Waals surface area contributed by atoms with Crippen LogP contribution in [0.4, 0.5) is 5.69 Å². The van der Waals surface area contributed by atoms with Gasteiger partial charge in [0.1, 0.15) is 17.1 Å². The van der Waals surface area contributed by atoms with Crippen LogP contribution in [0.25, 0.3) is 17.0 Å². The molecule has 2 aromatic carbocycles. The van der Waals surface area contributed by atoms with E-state index in [4.69, 9.17) is 9.15 Å². The van der Waals surface area contributed by atoms with Crippen molar-refractivity contribution in [1.82, 2.24) is 9.97 Å². The van der Waals surface area contributed by atoms with Gasteiger partial charge in [-0.2, -0.15) is 0 Å². The second-order valence-corrected chi connectivity index (χ2v) is 6.72. The molecular formula is C24H21N3O3. The zero-order valence-electron chi connectivity index (χ0n) is 16.8. The van der Waals surface area contributed by atoms with E-state index < -0.39 is 0 Å². The maximum atomic E-state index is 12.5. The topological polar surface area (TPSA) is 77.2 Å². The third-order valence-electron chi connectivity index (χ3n) is 4.64. The summed E-state index contributed by atoms with van der Waals surface area (Å²) in [7, 11) is 0. The van der Waals surface area contributed by atoms with Crippen LogP contribution in [0.15, 0.2) is 71.4 Å². The molecule has 0 spiro atoms. The lowest BCUT2D eigenvalue weighted by Crippen LogP contribution is -2.09. The van der Waals surface area contributed by atoms with Gasteiger partial charge in [-0.25, -0.2) is 9.97 Å². The van der Waals surface area contributed by atoms with E-state index in [1.54, 1.807) is 36.7 Å². The fourth-order valence-corrected chi connectivity index (χ4v) is 3.18. The number of para-hydroxylation sites is 1. The monoisotopic (exact) mass is 399 g/mol. The molecule has 6 nitrogen and oxygen atoms in total. The molecule has 0 atom stereocenters. The van der Waals surface area contributed by atoms with E-state index in [2.05, 4.69) is 15.3 Å². The third-order valence-corrected chi connectivity index (χ3v) is 4.64. The van der Waals surface area contributed by atoms with Crippen LogP contribution in [-0.2, 0) is 11.2 Å². The molecule has 30 heavy (non-hydrogen) atoms. The number of nitrogens with one attached hydrogen (secondary N) is 1. The van der Waals surface area contributed by atoms with Crippen molar-refractivity contribution in [3.8, 4) is 11.8 Å². The maximum absolute atomic E-state index is 12.5. The zero-order valence-corrected chi connectivity index (χ0v) is 16.8. The van der Waals surface area contributed by atoms with Crippen molar-refractivity contribution in [3.63, 3.8) is 0 Å². The van der Waals surface area contributed by atoms with E-state index in [0.29, 0.717) is 11.4 Å². The minimum Gasteiger partial charge on any atom is -0.460 e. The summed E-state index contributed by atoms with van der Waals surface area (Å²) in [5, 5.41) is 3.91. The average Bonchev–Trinajstić information content (AvgIpc) is 3.13. The average molecular weight is 399 g/mol. The first-order valence-electron chi connectivity index (χ1n) is 9.69. The normalized spacial score (nSPS) is 11.1. The molecule has 4 rings (SSSR count). The van der Waals surface area contributed by atoms with Gasteiger partial charge in [-0.3, -0.25) is 4.79 Å². The number of carbonyl (C=O) groups excluding carboxylic acids is 1. The fourth-order valence-electron chi connectivity index (χ4n) is 3.18. The summed E-state index contributed by atoms with van der Waals surface area (Å²) in [6.45, 7) is 3.93. The second kappa shape index (κ2) is 8.61. The van der Waals surface area contributed by atoms with Gasteiger partial charge in [0.25, 0.3) is 0 Å². The molecule has 150 valence electrons. The number of fused-ring (bicyclic) bond motifs is 1. The Bertz CT molecular complexity index is 1210. The first-order chi connectivity index (χ1) is 14.6. The molecule has 2 aromatic heterocycles. The molecule has 2 heterocycles. The Balaban J connectivity index is 1.48. The second-order valence-electron chi connectivity index (χ2n) is 6.72. The Morgan fingerprint density at radius 1 is 1.13 bits per heavy atom. The number of nitrogens with zero attached hydrogens (tertiary/aromatic N) is 2. The molecule has 1 amide bonds. The molecule has 0 aliphatic rings. The highest BCUT2D eigenvalue weighted by atomic mass is 16.5. The Hall–Kier alpha value is -3.93. The lowest BCUT2D eigenvalue weighted by atomic mass is 10.1. The first kappa shape index (κ1) is 19.4. The molecule has 0 aliphatic heterocycles. The van der Waals surface area contributed by atoms with Crippen LogP contribution in [0, 0.1) is 6.92 Å². The number of benzene rings is 2. The maximum Gasteiger partial charge on any atom is 0.321 e. The van der Waals surface area contributed by atoms with E-state index in [0.717, 1.165) is 34.3 Å². The van der Waals surface area contributed by atoms with Crippen molar-refractivity contribution in [1.29, 1.82) is 0 Å². The zero-order chi connectivity index (χ0) is 20.9. The van der Waals surface area contributed by atoms with Gasteiger partial charge in [0.2, 0.25) is 5.91 Å². The van der Waals surface area contributed by atoms with Crippen molar-refractivity contribution in [2.75, 3.05) is 5.32 Å². The number of anilines is 1. The van der Waals surface area contributed by atoms with E-state index in [1.807, 2.05) is 44.2 Å². The number of hydrogen-bond donors (Lipinski definition) is 1. The first-order valence-corrected chi connectivity index (χ1v) is 9.69. The molecule has 0 radical (unpaired) electrons. The highest BCUT2D eigenvalue weighted by Gasteiger charge is 2.11. The number of aryl methyl sites for hydroxylation is 2. The number of carbonyl (C=O) groups is 1. The Morgan fingerprint density at radius 3 is 2.70 bits per heavy atom. The van der Waals surface area contributed by atoms with Crippen LogP contribution >= 0.6 is 0 Å². The van der Waals surface area contributed by atoms with E-state index in [-0.39, 0.29) is 11.9 Å². The summed E-state index contributed by atoms with van der Waals surface area (Å²) in [4.78, 5) is 20.6. The van der Waals surface area contributed by atoms with Gasteiger partial charge in [-0.05, 0) is 48.9 Å². The SMILES string of the molecule is CCc1oc2ccccc2c1/C=C/C(=O)Nc1ccc(Oc2ncccn2)cc1C. The summed E-state index contributed by atoms with van der Waals surface area (Å²) in [5.41, 5.74) is 3.33. The predicted molar refractivity (Wildman–Crippen MR) is 117 cm³/mol. The highest BCUT2D eigenvalue weighted by molar-refractivity contribution is 6.04. The lowest BCUT2D eigenvalue weighted by molar-refractivity contribution is -0.111. The number of aromatic nitrogens is 2. The molecule has 6 heteroatoms. The molecule has 0 saturated carbocycles. The van der Waals surface area contributed by atoms with Crippen LogP contribution in [0.2, 0.25) is 0 Å². The van der Waals surface area contributed by atoms with Gasteiger partial charge < -0.3 is 14.5 Å². The number of hydrogen-bond acceptors (Lipinski definition) is 5. The standard InChI is InChI=1S/C24H21N3O3/c1-3-21-19(18-7-4-5-8-22(18)30-21)10-12-23(28)27-20-11-9-17(15-16(20)2)29-24-25-13-6-14-26-24/h4-15H,3H2,1-2H3,(H,27,28)/b12-10+. The molecular weight excluding hydrogens is 378 g/mol. The minimum atomic E-state index is -0.217. The largest absolute Gasteiger partial charge is 0.460 e. The van der Waals surface area contributed by atoms with Gasteiger partial charge in [0.05, 0.1) is 0 Å². The third kappa shape index (κ3) is 4.22. The van der Waals surface area contributed by atoms with Gasteiger partial charge >= 0.3 is 6.01 Å². The van der Waals surface area contributed by atoms with Crippen molar-refractivity contribution in [3.05, 3.63) is 83.9 Å². The van der Waals surface area contributed by atoms with E-state index >= 15 is 0 Å². The smallest absolute Gasteiger partial charge is 0.321 e. The molecule has 4 aromatic rings. The number of amides is 1. The summed E-state index contributed by atoms with van der Waals surface area (Å²) < 4.78 is 11.5. The molecule has 0 unspecified atom stereocenters. The van der Waals surface area contributed by atoms with Gasteiger partial charge in [-0.1, -0.05) is 25.1 Å². The van der Waals surface area contributed by atoms with Gasteiger partial charge in [-0.15, -0.1) is 0 Å². The van der Waals surface area contributed by atoms with Gasteiger partial charge in [0, 0.05) is 41.5 Å². The van der Waals surface area contributed by atoms with Crippen LogP contribution in [-0.4, -0.2) is 15.9 Å². The summed E-state index contributed by atoms with van der Waals surface area (Å²) in [6, 6.07) is 15.2. The number of rotatable bonds is 6. The number of ether oxygens (including phenoxy) is 1. The molecule has 0 fully saturated rings. The molecule has 0 bridgehead atoms. The van der Waals surface area contributed by atoms with Crippen molar-refractivity contribution >= 4 is 28.6 Å². The van der Waals surface area contributed by atoms with Crippen molar-refractivity contribution in [2.45, 2.75) is 20.3 Å². The molecule has 1 N–H and O–H groups in total. The Labute approximate surface area is 174 Å². The van der Waals surface area contributed by atoms with Crippen molar-refractivity contribution < 1.29 is 13.9 Å². The van der Waals surface area contributed by atoms with E-state index in [1.165, 1.54) is 6.08 Å². The summed E-state index contributed by atoms with van der Waals surface area (Å²) in [5.74, 6) is 1.25. The predicted octanol–water partition coefficient (Wildman–Crippen LogP) is 5.54. The molecule has 0 aliphatic carbocycles.